The van der Waals surface area contributed by atoms with E-state index in [1.165, 1.54) is 77.8 Å². The van der Waals surface area contributed by atoms with Crippen LogP contribution in [0.4, 0.5) is 0 Å². The first kappa shape index (κ1) is 34.5. The van der Waals surface area contributed by atoms with Gasteiger partial charge in [-0.3, -0.25) is 14.7 Å². The van der Waals surface area contributed by atoms with Gasteiger partial charge >= 0.3 is 0 Å². The third-order valence-corrected chi connectivity index (χ3v) is 6.16. The maximum Gasteiger partial charge on any atom is 0.0125 e. The van der Waals surface area contributed by atoms with Crippen molar-refractivity contribution in [2.24, 2.45) is 0 Å². The molecule has 0 bridgehead atoms. The highest BCUT2D eigenvalue weighted by atomic mass is 15.2. The Kier molecular flexibility index (Phi) is 17.1. The predicted octanol–water partition coefficient (Wildman–Crippen LogP) is 7.55. The molecule has 0 spiro atoms. The van der Waals surface area contributed by atoms with Crippen molar-refractivity contribution in [2.45, 2.75) is 140 Å². The molecule has 0 unspecified atom stereocenters. The molecule has 0 aromatic rings. The van der Waals surface area contributed by atoms with Gasteiger partial charge in [0.2, 0.25) is 0 Å². The van der Waals surface area contributed by atoms with E-state index in [0.29, 0.717) is 16.6 Å². The second-order valence-corrected chi connectivity index (χ2v) is 11.6. The highest BCUT2D eigenvalue weighted by molar-refractivity contribution is 4.82. The van der Waals surface area contributed by atoms with E-state index in [1.807, 2.05) is 0 Å². The molecule has 186 valence electrons. The molecule has 0 atom stereocenters. The minimum absolute atomic E-state index is 0. The molecule has 3 aliphatic rings. The summed E-state index contributed by atoms with van der Waals surface area (Å²) in [6, 6.07) is 0. The molecule has 3 heteroatoms. The van der Waals surface area contributed by atoms with Gasteiger partial charge in [-0.15, -0.1) is 0 Å². The maximum atomic E-state index is 2.58. The van der Waals surface area contributed by atoms with Gasteiger partial charge in [-0.1, -0.05) is 28.7 Å². The molecule has 0 aromatic carbocycles. The van der Waals surface area contributed by atoms with Crippen LogP contribution in [-0.2, 0) is 0 Å². The van der Waals surface area contributed by atoms with Crippen LogP contribution in [0.2, 0.25) is 0 Å². The Hall–Kier alpha value is -0.120. The fraction of sp³-hybridized carbons (Fsp3) is 1.00. The zero-order valence-electron chi connectivity index (χ0n) is 20.3. The largest absolute Gasteiger partial charge is 0.298 e. The minimum atomic E-state index is 0. The van der Waals surface area contributed by atoms with Gasteiger partial charge in [-0.2, -0.15) is 0 Å². The fourth-order valence-electron chi connectivity index (χ4n) is 3.94. The summed E-state index contributed by atoms with van der Waals surface area (Å²) in [6.07, 6.45) is 8.44. The van der Waals surface area contributed by atoms with Gasteiger partial charge in [0.05, 0.1) is 0 Å². The Bertz CT molecular complexity index is 382. The molecule has 0 N–H and O–H groups in total. The van der Waals surface area contributed by atoms with Crippen LogP contribution in [0.25, 0.3) is 0 Å². The van der Waals surface area contributed by atoms with E-state index in [1.54, 1.807) is 0 Å². The SMILES string of the molecule is C.C.C.CC(C)(C)N1CCC1.CC(C)(C)N1CCCC1.CC(C)(C)N1CCCCC1. The molecule has 3 aliphatic heterocycles. The number of hydrogen-bond acceptors (Lipinski definition) is 3. The third-order valence-electron chi connectivity index (χ3n) is 6.16. The Balaban J connectivity index is -0.000000349. The number of rotatable bonds is 0. The van der Waals surface area contributed by atoms with Crippen LogP contribution in [0.5, 0.6) is 0 Å². The van der Waals surface area contributed by atoms with Crippen LogP contribution in [0.3, 0.4) is 0 Å². The van der Waals surface area contributed by atoms with Crippen molar-refractivity contribution >= 4 is 0 Å². The lowest BCUT2D eigenvalue weighted by Crippen LogP contribution is -2.49. The van der Waals surface area contributed by atoms with Gasteiger partial charge < -0.3 is 0 Å². The van der Waals surface area contributed by atoms with Crippen molar-refractivity contribution in [1.29, 1.82) is 0 Å². The molecule has 0 aliphatic carbocycles. The van der Waals surface area contributed by atoms with E-state index in [9.17, 15) is 0 Å². The van der Waals surface area contributed by atoms with Gasteiger partial charge in [-0.05, 0) is 134 Å². The molecule has 30 heavy (non-hydrogen) atoms. The molecule has 3 heterocycles. The lowest BCUT2D eigenvalue weighted by atomic mass is 10.0. The highest BCUT2D eigenvalue weighted by Gasteiger charge is 2.26. The Morgan fingerprint density at radius 1 is 0.333 bits per heavy atom. The Morgan fingerprint density at radius 3 is 0.667 bits per heavy atom. The van der Waals surface area contributed by atoms with Gasteiger partial charge in [-0.25, -0.2) is 0 Å². The third kappa shape index (κ3) is 13.3. The molecule has 0 radical (unpaired) electrons. The molecular formula is C27H63N3. The van der Waals surface area contributed by atoms with Crippen LogP contribution in [0.15, 0.2) is 0 Å². The Labute approximate surface area is 194 Å². The van der Waals surface area contributed by atoms with E-state index >= 15 is 0 Å². The second kappa shape index (κ2) is 14.9. The maximum absolute atomic E-state index is 2.58. The van der Waals surface area contributed by atoms with Crippen molar-refractivity contribution in [3.05, 3.63) is 0 Å². The first-order valence-corrected chi connectivity index (χ1v) is 11.6. The molecular weight excluding hydrogens is 366 g/mol. The lowest BCUT2D eigenvalue weighted by molar-refractivity contribution is 0.0690. The van der Waals surface area contributed by atoms with Gasteiger partial charge in [0.25, 0.3) is 0 Å². The standard InChI is InChI=1S/C9H19N.C8H17N.C7H15N.3CH4/c1-9(2,3)10-7-5-4-6-8-10;1-8(2,3)9-6-4-5-7-9;1-7(2,3)8-5-4-6-8;;;/h4-8H2,1-3H3;4-7H2,1-3H3;4-6H2,1-3H3;3*1H4. The van der Waals surface area contributed by atoms with Crippen LogP contribution in [-0.4, -0.2) is 70.6 Å². The van der Waals surface area contributed by atoms with Crippen molar-refractivity contribution in [3.8, 4) is 0 Å². The summed E-state index contributed by atoms with van der Waals surface area (Å²) in [5, 5.41) is 0. The monoisotopic (exact) mass is 430 g/mol. The van der Waals surface area contributed by atoms with Crippen LogP contribution < -0.4 is 0 Å². The van der Waals surface area contributed by atoms with Gasteiger partial charge in [0.15, 0.2) is 0 Å². The molecule has 3 saturated heterocycles. The molecule has 3 rings (SSSR count). The highest BCUT2D eigenvalue weighted by Crippen LogP contribution is 2.20. The zero-order valence-corrected chi connectivity index (χ0v) is 20.3. The summed E-state index contributed by atoms with van der Waals surface area (Å²) in [4.78, 5) is 7.62. The first-order chi connectivity index (χ1) is 12.3. The van der Waals surface area contributed by atoms with Crippen LogP contribution in [0, 0.1) is 0 Å². The van der Waals surface area contributed by atoms with Crippen LogP contribution in [0.1, 0.15) is 123 Å². The van der Waals surface area contributed by atoms with E-state index in [4.69, 9.17) is 0 Å². The summed E-state index contributed by atoms with van der Waals surface area (Å²) in [6.45, 7) is 28.4. The van der Waals surface area contributed by atoms with E-state index in [0.717, 1.165) is 0 Å². The van der Waals surface area contributed by atoms with Crippen molar-refractivity contribution in [1.82, 2.24) is 14.7 Å². The summed E-state index contributed by atoms with van der Waals surface area (Å²) in [7, 11) is 0. The van der Waals surface area contributed by atoms with Gasteiger partial charge in [0, 0.05) is 16.6 Å². The smallest absolute Gasteiger partial charge is 0.0125 e. The molecule has 0 saturated carbocycles. The van der Waals surface area contributed by atoms with E-state index < -0.39 is 0 Å². The normalized spacial score (nSPS) is 20.7. The number of nitrogens with zero attached hydrogens (tertiary/aromatic N) is 3. The van der Waals surface area contributed by atoms with Crippen LogP contribution >= 0.6 is 0 Å². The predicted molar refractivity (Wildman–Crippen MR) is 142 cm³/mol. The van der Waals surface area contributed by atoms with Crippen molar-refractivity contribution in [3.63, 3.8) is 0 Å². The molecule has 0 aromatic heterocycles. The van der Waals surface area contributed by atoms with Crippen molar-refractivity contribution < 1.29 is 0 Å². The first-order valence-electron chi connectivity index (χ1n) is 11.6. The summed E-state index contributed by atoms with van der Waals surface area (Å²) < 4.78 is 0. The second-order valence-electron chi connectivity index (χ2n) is 11.6. The molecule has 3 fully saturated rings. The summed E-state index contributed by atoms with van der Waals surface area (Å²) >= 11 is 0. The fourth-order valence-corrected chi connectivity index (χ4v) is 3.94. The quantitative estimate of drug-likeness (QED) is 0.393. The molecule has 3 nitrogen and oxygen atoms in total. The number of hydrogen-bond donors (Lipinski definition) is 0. The topological polar surface area (TPSA) is 9.72 Å². The lowest BCUT2D eigenvalue weighted by Gasteiger charge is -2.42. The average molecular weight is 430 g/mol. The van der Waals surface area contributed by atoms with Gasteiger partial charge in [0.1, 0.15) is 0 Å². The van der Waals surface area contributed by atoms with E-state index in [2.05, 4.69) is 77.0 Å². The zero-order chi connectivity index (χ0) is 20.7. The molecule has 0 amide bonds. The number of piperidine rings is 1. The Morgan fingerprint density at radius 2 is 0.533 bits per heavy atom. The summed E-state index contributed by atoms with van der Waals surface area (Å²) in [5.74, 6) is 0. The van der Waals surface area contributed by atoms with E-state index in [-0.39, 0.29) is 22.3 Å². The summed E-state index contributed by atoms with van der Waals surface area (Å²) in [5.41, 5.74) is 1.25. The number of likely N-dealkylation sites (tertiary alicyclic amines) is 3. The van der Waals surface area contributed by atoms with Crippen molar-refractivity contribution in [2.75, 3.05) is 39.3 Å². The average Bonchev–Trinajstić information content (AvgIpc) is 2.99. The minimum Gasteiger partial charge on any atom is -0.298 e.